The molecule has 0 atom stereocenters. The molecule has 2 rings (SSSR count). The van der Waals surface area contributed by atoms with E-state index in [4.69, 9.17) is 0 Å². The lowest BCUT2D eigenvalue weighted by molar-refractivity contribution is 0.0983. The first-order chi connectivity index (χ1) is 7.31. The van der Waals surface area contributed by atoms with Gasteiger partial charge in [-0.25, -0.2) is 0 Å². The average molecular weight is 217 g/mol. The molecule has 0 saturated carbocycles. The Morgan fingerprint density at radius 1 is 1.60 bits per heavy atom. The van der Waals surface area contributed by atoms with Crippen molar-refractivity contribution in [3.05, 3.63) is 41.9 Å². The number of aromatic nitrogens is 1. The van der Waals surface area contributed by atoms with E-state index in [1.165, 1.54) is 0 Å². The zero-order valence-corrected chi connectivity index (χ0v) is 9.09. The van der Waals surface area contributed by atoms with Crippen molar-refractivity contribution in [3.8, 4) is 0 Å². The number of hydrogen-bond acceptors (Lipinski definition) is 3. The summed E-state index contributed by atoms with van der Waals surface area (Å²) in [7, 11) is 0. The molecule has 0 radical (unpaired) electrons. The molecule has 15 heavy (non-hydrogen) atoms. The van der Waals surface area contributed by atoms with Crippen molar-refractivity contribution in [1.82, 2.24) is 4.98 Å². The lowest BCUT2D eigenvalue weighted by Gasteiger charge is -1.98. The van der Waals surface area contributed by atoms with Gasteiger partial charge in [-0.3, -0.25) is 9.78 Å². The highest BCUT2D eigenvalue weighted by Crippen LogP contribution is 2.20. The predicted molar refractivity (Wildman–Crippen MR) is 63.4 cm³/mol. The third kappa shape index (κ3) is 2.13. The van der Waals surface area contributed by atoms with Gasteiger partial charge < -0.3 is 0 Å². The van der Waals surface area contributed by atoms with E-state index in [0.29, 0.717) is 12.0 Å². The van der Waals surface area contributed by atoms with E-state index in [1.54, 1.807) is 23.6 Å². The molecule has 3 heteroatoms. The lowest BCUT2D eigenvalue weighted by atomic mass is 10.1. The molecule has 0 saturated heterocycles. The standard InChI is InChI=1S/C12H11NOS/c1-2-3-4-11(14)9-7-12-10(13-8-9)5-6-15-12/h2,5-8H,1,3-4H2. The molecule has 0 amide bonds. The van der Waals surface area contributed by atoms with Gasteiger partial charge in [-0.1, -0.05) is 6.08 Å². The van der Waals surface area contributed by atoms with Crippen molar-refractivity contribution < 1.29 is 4.79 Å². The number of nitrogens with zero attached hydrogens (tertiary/aromatic N) is 1. The average Bonchev–Trinajstić information content (AvgIpc) is 2.72. The Morgan fingerprint density at radius 2 is 2.47 bits per heavy atom. The quantitative estimate of drug-likeness (QED) is 0.580. The van der Waals surface area contributed by atoms with Crippen molar-refractivity contribution in [2.45, 2.75) is 12.8 Å². The third-order valence-electron chi connectivity index (χ3n) is 2.20. The lowest BCUT2D eigenvalue weighted by Crippen LogP contribution is -1.98. The smallest absolute Gasteiger partial charge is 0.164 e. The molecule has 0 aromatic carbocycles. The maximum atomic E-state index is 11.7. The molecule has 2 aromatic rings. The Morgan fingerprint density at radius 3 is 3.27 bits per heavy atom. The summed E-state index contributed by atoms with van der Waals surface area (Å²) in [5.74, 6) is 0.137. The maximum absolute atomic E-state index is 11.7. The zero-order chi connectivity index (χ0) is 10.7. The minimum atomic E-state index is 0.137. The third-order valence-corrected chi connectivity index (χ3v) is 3.05. The molecule has 2 aromatic heterocycles. The van der Waals surface area contributed by atoms with E-state index in [0.717, 1.165) is 16.6 Å². The van der Waals surface area contributed by atoms with Crippen LogP contribution in [0.2, 0.25) is 0 Å². The molecule has 0 bridgehead atoms. The second-order valence-electron chi connectivity index (χ2n) is 3.28. The Balaban J connectivity index is 2.27. The Bertz CT molecular complexity index is 501. The van der Waals surface area contributed by atoms with Crippen molar-refractivity contribution in [3.63, 3.8) is 0 Å². The Labute approximate surface area is 92.3 Å². The monoisotopic (exact) mass is 217 g/mol. The highest BCUT2D eigenvalue weighted by atomic mass is 32.1. The number of ketones is 1. The first-order valence-corrected chi connectivity index (χ1v) is 5.66. The minimum Gasteiger partial charge on any atom is -0.294 e. The predicted octanol–water partition coefficient (Wildman–Crippen LogP) is 3.45. The number of carbonyl (C=O) groups excluding carboxylic acids is 1. The fraction of sp³-hybridized carbons (Fsp3) is 0.167. The van der Waals surface area contributed by atoms with Gasteiger partial charge in [-0.15, -0.1) is 17.9 Å². The fourth-order valence-electron chi connectivity index (χ4n) is 1.38. The minimum absolute atomic E-state index is 0.137. The summed E-state index contributed by atoms with van der Waals surface area (Å²) in [6.45, 7) is 3.60. The second kappa shape index (κ2) is 4.36. The number of fused-ring (bicyclic) bond motifs is 1. The molecule has 2 nitrogen and oxygen atoms in total. The van der Waals surface area contributed by atoms with Crippen LogP contribution in [0.15, 0.2) is 36.4 Å². The van der Waals surface area contributed by atoms with E-state index in [2.05, 4.69) is 11.6 Å². The number of pyridine rings is 1. The highest BCUT2D eigenvalue weighted by molar-refractivity contribution is 7.17. The van der Waals surface area contributed by atoms with Crippen molar-refractivity contribution in [2.24, 2.45) is 0 Å². The summed E-state index contributed by atoms with van der Waals surface area (Å²) in [6.07, 6.45) is 4.65. The summed E-state index contributed by atoms with van der Waals surface area (Å²) in [6, 6.07) is 3.87. The van der Waals surface area contributed by atoms with Gasteiger partial charge in [0.25, 0.3) is 0 Å². The van der Waals surface area contributed by atoms with Gasteiger partial charge in [0.2, 0.25) is 0 Å². The molecule has 0 unspecified atom stereocenters. The number of rotatable bonds is 4. The summed E-state index contributed by atoms with van der Waals surface area (Å²) >= 11 is 1.61. The van der Waals surface area contributed by atoms with E-state index in [9.17, 15) is 4.79 Å². The van der Waals surface area contributed by atoms with Crippen LogP contribution >= 0.6 is 11.3 Å². The van der Waals surface area contributed by atoms with Gasteiger partial charge in [-0.2, -0.15) is 0 Å². The number of thiophene rings is 1. The van der Waals surface area contributed by atoms with Gasteiger partial charge in [0.05, 0.1) is 10.2 Å². The van der Waals surface area contributed by atoms with Crippen LogP contribution in [-0.4, -0.2) is 10.8 Å². The molecule has 0 N–H and O–H groups in total. The van der Waals surface area contributed by atoms with Crippen molar-refractivity contribution in [1.29, 1.82) is 0 Å². The van der Waals surface area contributed by atoms with Gasteiger partial charge in [-0.05, 0) is 23.9 Å². The molecule has 0 aliphatic heterocycles. The van der Waals surface area contributed by atoms with Crippen LogP contribution in [0.3, 0.4) is 0 Å². The normalized spacial score (nSPS) is 10.4. The fourth-order valence-corrected chi connectivity index (χ4v) is 2.16. The summed E-state index contributed by atoms with van der Waals surface area (Å²) in [5, 5.41) is 1.98. The Kier molecular flexibility index (Phi) is 2.92. The molecule has 2 heterocycles. The molecule has 0 fully saturated rings. The van der Waals surface area contributed by atoms with Gasteiger partial charge in [0.15, 0.2) is 5.78 Å². The van der Waals surface area contributed by atoms with Crippen molar-refractivity contribution >= 4 is 27.3 Å². The largest absolute Gasteiger partial charge is 0.294 e. The van der Waals surface area contributed by atoms with Crippen LogP contribution in [0.5, 0.6) is 0 Å². The van der Waals surface area contributed by atoms with E-state index < -0.39 is 0 Å². The van der Waals surface area contributed by atoms with Gasteiger partial charge in [0, 0.05) is 18.2 Å². The summed E-state index contributed by atoms with van der Waals surface area (Å²) in [4.78, 5) is 15.9. The second-order valence-corrected chi connectivity index (χ2v) is 4.23. The van der Waals surface area contributed by atoms with Crippen LogP contribution in [0.1, 0.15) is 23.2 Å². The zero-order valence-electron chi connectivity index (χ0n) is 8.27. The van der Waals surface area contributed by atoms with Crippen LogP contribution in [0, 0.1) is 0 Å². The van der Waals surface area contributed by atoms with Crippen LogP contribution in [-0.2, 0) is 0 Å². The molecule has 0 spiro atoms. The molecular formula is C12H11NOS. The molecule has 0 aliphatic carbocycles. The number of hydrogen-bond donors (Lipinski definition) is 0. The maximum Gasteiger partial charge on any atom is 0.164 e. The number of carbonyl (C=O) groups is 1. The van der Waals surface area contributed by atoms with Gasteiger partial charge in [0.1, 0.15) is 0 Å². The van der Waals surface area contributed by atoms with Gasteiger partial charge >= 0.3 is 0 Å². The van der Waals surface area contributed by atoms with E-state index in [-0.39, 0.29) is 5.78 Å². The number of allylic oxidation sites excluding steroid dienone is 1. The van der Waals surface area contributed by atoms with Crippen LogP contribution in [0.25, 0.3) is 10.2 Å². The molecule has 76 valence electrons. The SMILES string of the molecule is C=CCCC(=O)c1cnc2ccsc2c1. The number of Topliss-reactive ketones (excluding diaryl/α,β-unsaturated/α-hetero) is 1. The summed E-state index contributed by atoms with van der Waals surface area (Å²) in [5.41, 5.74) is 1.66. The molecule has 0 aliphatic rings. The van der Waals surface area contributed by atoms with Crippen LogP contribution < -0.4 is 0 Å². The van der Waals surface area contributed by atoms with Crippen molar-refractivity contribution in [2.75, 3.05) is 0 Å². The van der Waals surface area contributed by atoms with E-state index in [1.807, 2.05) is 17.5 Å². The van der Waals surface area contributed by atoms with Crippen LogP contribution in [0.4, 0.5) is 0 Å². The van der Waals surface area contributed by atoms with E-state index >= 15 is 0 Å². The Hall–Kier alpha value is -1.48. The topological polar surface area (TPSA) is 30.0 Å². The molecular weight excluding hydrogens is 206 g/mol. The highest BCUT2D eigenvalue weighted by Gasteiger charge is 2.06. The summed E-state index contributed by atoms with van der Waals surface area (Å²) < 4.78 is 1.07. The first kappa shape index (κ1) is 10.1. The first-order valence-electron chi connectivity index (χ1n) is 4.78.